The normalized spacial score (nSPS) is 13.7. The molecule has 1 amide bonds. The van der Waals surface area contributed by atoms with Crippen molar-refractivity contribution in [1.29, 1.82) is 0 Å². The van der Waals surface area contributed by atoms with Crippen LogP contribution in [-0.2, 0) is 24.3 Å². The fourth-order valence-electron chi connectivity index (χ4n) is 4.50. The summed E-state index contributed by atoms with van der Waals surface area (Å²) in [5.74, 6) is 0.898. The Kier molecular flexibility index (Phi) is 7.29. The zero-order valence-electron chi connectivity index (χ0n) is 19.8. The fraction of sp³-hybridized carbons (Fsp3) is 0.276. The minimum atomic E-state index is -0.0415. The maximum absolute atomic E-state index is 12.5. The van der Waals surface area contributed by atoms with Crippen LogP contribution in [0.15, 0.2) is 83.3 Å². The van der Waals surface area contributed by atoms with Gasteiger partial charge in [0, 0.05) is 31.5 Å². The molecule has 1 N–H and O–H groups in total. The molecule has 0 spiro atoms. The SMILES string of the molecule is O=C(CCc1nnc(-c2ccccc2)o1)NCc1ccccc1-c1ccc(CN2CCCC2)cc1. The first-order valence-corrected chi connectivity index (χ1v) is 12.3. The molecule has 1 aromatic heterocycles. The molecule has 5 rings (SSSR count). The first kappa shape index (κ1) is 23.0. The Balaban J connectivity index is 1.15. The molecule has 178 valence electrons. The van der Waals surface area contributed by atoms with E-state index in [9.17, 15) is 4.79 Å². The number of rotatable bonds is 9. The van der Waals surface area contributed by atoms with Gasteiger partial charge in [-0.15, -0.1) is 10.2 Å². The smallest absolute Gasteiger partial charge is 0.247 e. The maximum atomic E-state index is 12.5. The van der Waals surface area contributed by atoms with Crippen LogP contribution in [0.4, 0.5) is 0 Å². The highest BCUT2D eigenvalue weighted by Crippen LogP contribution is 2.25. The number of hydrogen-bond donors (Lipinski definition) is 1. The zero-order valence-corrected chi connectivity index (χ0v) is 19.8. The van der Waals surface area contributed by atoms with E-state index < -0.39 is 0 Å². The zero-order chi connectivity index (χ0) is 23.9. The largest absolute Gasteiger partial charge is 0.421 e. The van der Waals surface area contributed by atoms with E-state index in [0.717, 1.165) is 23.2 Å². The Morgan fingerprint density at radius 2 is 1.60 bits per heavy atom. The van der Waals surface area contributed by atoms with Gasteiger partial charge in [-0.2, -0.15) is 0 Å². The van der Waals surface area contributed by atoms with E-state index in [2.05, 4.69) is 56.8 Å². The first-order chi connectivity index (χ1) is 17.2. The van der Waals surface area contributed by atoms with E-state index in [1.807, 2.05) is 42.5 Å². The van der Waals surface area contributed by atoms with Crippen molar-refractivity contribution in [3.05, 3.63) is 95.9 Å². The van der Waals surface area contributed by atoms with Crippen LogP contribution in [0.5, 0.6) is 0 Å². The molecule has 6 nitrogen and oxygen atoms in total. The molecular formula is C29H30N4O2. The van der Waals surface area contributed by atoms with Crippen LogP contribution in [0.3, 0.4) is 0 Å². The summed E-state index contributed by atoms with van der Waals surface area (Å²) in [4.78, 5) is 15.0. The van der Waals surface area contributed by atoms with Crippen molar-refractivity contribution in [3.8, 4) is 22.6 Å². The van der Waals surface area contributed by atoms with Crippen LogP contribution in [0.1, 0.15) is 36.3 Å². The third-order valence-electron chi connectivity index (χ3n) is 6.42. The van der Waals surface area contributed by atoms with Gasteiger partial charge in [-0.25, -0.2) is 0 Å². The minimum absolute atomic E-state index is 0.0415. The van der Waals surface area contributed by atoms with Gasteiger partial charge >= 0.3 is 0 Å². The van der Waals surface area contributed by atoms with E-state index in [0.29, 0.717) is 31.2 Å². The van der Waals surface area contributed by atoms with E-state index in [1.54, 1.807) is 0 Å². The second-order valence-electron chi connectivity index (χ2n) is 8.98. The number of nitrogens with zero attached hydrogens (tertiary/aromatic N) is 3. The van der Waals surface area contributed by atoms with E-state index in [1.165, 1.54) is 37.1 Å². The number of aryl methyl sites for hydroxylation is 1. The van der Waals surface area contributed by atoms with Crippen LogP contribution in [-0.4, -0.2) is 34.1 Å². The highest BCUT2D eigenvalue weighted by atomic mass is 16.4. The van der Waals surface area contributed by atoms with Crippen molar-refractivity contribution >= 4 is 5.91 Å². The van der Waals surface area contributed by atoms with Gasteiger partial charge in [-0.05, 0) is 60.3 Å². The average Bonchev–Trinajstić information content (AvgIpc) is 3.60. The molecule has 1 aliphatic heterocycles. The molecule has 0 unspecified atom stereocenters. The molecular weight excluding hydrogens is 436 g/mol. The molecule has 1 aliphatic rings. The monoisotopic (exact) mass is 466 g/mol. The van der Waals surface area contributed by atoms with Gasteiger partial charge < -0.3 is 9.73 Å². The molecule has 4 aromatic rings. The number of benzene rings is 3. The number of aromatic nitrogens is 2. The van der Waals surface area contributed by atoms with Gasteiger partial charge in [0.1, 0.15) is 0 Å². The second-order valence-corrected chi connectivity index (χ2v) is 8.98. The summed E-state index contributed by atoms with van der Waals surface area (Å²) in [6.45, 7) is 3.89. The van der Waals surface area contributed by atoms with Gasteiger partial charge in [0.15, 0.2) is 0 Å². The summed E-state index contributed by atoms with van der Waals surface area (Å²) in [5, 5.41) is 11.2. The van der Waals surface area contributed by atoms with Crippen molar-refractivity contribution in [1.82, 2.24) is 20.4 Å². The summed E-state index contributed by atoms with van der Waals surface area (Å²) in [6.07, 6.45) is 3.32. The van der Waals surface area contributed by atoms with Crippen molar-refractivity contribution in [3.63, 3.8) is 0 Å². The Morgan fingerprint density at radius 1 is 0.857 bits per heavy atom. The lowest BCUT2D eigenvalue weighted by Crippen LogP contribution is -2.23. The molecule has 35 heavy (non-hydrogen) atoms. The number of hydrogen-bond acceptors (Lipinski definition) is 5. The number of carbonyl (C=O) groups excluding carboxylic acids is 1. The molecule has 2 heterocycles. The fourth-order valence-corrected chi connectivity index (χ4v) is 4.50. The van der Waals surface area contributed by atoms with Crippen molar-refractivity contribution in [2.75, 3.05) is 13.1 Å². The molecule has 0 aliphatic carbocycles. The average molecular weight is 467 g/mol. The Hall–Kier alpha value is -3.77. The van der Waals surface area contributed by atoms with E-state index in [-0.39, 0.29) is 5.91 Å². The third-order valence-corrected chi connectivity index (χ3v) is 6.42. The molecule has 0 atom stereocenters. The topological polar surface area (TPSA) is 71.3 Å². The summed E-state index contributed by atoms with van der Waals surface area (Å²) in [7, 11) is 0. The van der Waals surface area contributed by atoms with E-state index in [4.69, 9.17) is 4.42 Å². The number of carbonyl (C=O) groups is 1. The first-order valence-electron chi connectivity index (χ1n) is 12.3. The lowest BCUT2D eigenvalue weighted by atomic mass is 9.98. The Labute approximate surface area is 206 Å². The maximum Gasteiger partial charge on any atom is 0.247 e. The predicted octanol–water partition coefficient (Wildman–Crippen LogP) is 5.25. The van der Waals surface area contributed by atoms with Gasteiger partial charge in [0.25, 0.3) is 0 Å². The molecule has 0 radical (unpaired) electrons. The summed E-state index contributed by atoms with van der Waals surface area (Å²) in [6, 6.07) is 26.7. The van der Waals surface area contributed by atoms with Crippen molar-refractivity contribution in [2.24, 2.45) is 0 Å². The Bertz CT molecular complexity index is 1250. The highest BCUT2D eigenvalue weighted by Gasteiger charge is 2.13. The standard InChI is InChI=1S/C29H30N4O2/c34-27(16-17-28-31-32-29(35-28)24-8-2-1-3-9-24)30-20-25-10-4-5-11-26(25)23-14-12-22(13-15-23)21-33-18-6-7-19-33/h1-5,8-15H,6-7,16-21H2,(H,30,34). The lowest BCUT2D eigenvalue weighted by Gasteiger charge is -2.15. The summed E-state index contributed by atoms with van der Waals surface area (Å²) in [5.41, 5.74) is 5.62. The summed E-state index contributed by atoms with van der Waals surface area (Å²) >= 11 is 0. The van der Waals surface area contributed by atoms with Crippen LogP contribution >= 0.6 is 0 Å². The minimum Gasteiger partial charge on any atom is -0.421 e. The molecule has 6 heteroatoms. The number of nitrogens with one attached hydrogen (secondary N) is 1. The second kappa shape index (κ2) is 11.1. The van der Waals surface area contributed by atoms with Crippen molar-refractivity contribution < 1.29 is 9.21 Å². The van der Waals surface area contributed by atoms with Crippen LogP contribution < -0.4 is 5.32 Å². The molecule has 0 bridgehead atoms. The van der Waals surface area contributed by atoms with Gasteiger partial charge in [-0.1, -0.05) is 66.7 Å². The molecule has 1 fully saturated rings. The van der Waals surface area contributed by atoms with Crippen molar-refractivity contribution in [2.45, 2.75) is 38.8 Å². The van der Waals surface area contributed by atoms with Crippen LogP contribution in [0, 0.1) is 0 Å². The van der Waals surface area contributed by atoms with Crippen LogP contribution in [0.2, 0.25) is 0 Å². The summed E-state index contributed by atoms with van der Waals surface area (Å²) < 4.78 is 5.71. The quantitative estimate of drug-likeness (QED) is 0.365. The molecule has 1 saturated heterocycles. The van der Waals surface area contributed by atoms with Gasteiger partial charge in [0.2, 0.25) is 17.7 Å². The highest BCUT2D eigenvalue weighted by molar-refractivity contribution is 5.76. The van der Waals surface area contributed by atoms with Gasteiger partial charge in [0.05, 0.1) is 0 Å². The Morgan fingerprint density at radius 3 is 2.40 bits per heavy atom. The van der Waals surface area contributed by atoms with Crippen LogP contribution in [0.25, 0.3) is 22.6 Å². The molecule has 3 aromatic carbocycles. The lowest BCUT2D eigenvalue weighted by molar-refractivity contribution is -0.121. The van der Waals surface area contributed by atoms with E-state index >= 15 is 0 Å². The number of amides is 1. The van der Waals surface area contributed by atoms with Gasteiger partial charge in [-0.3, -0.25) is 9.69 Å². The third kappa shape index (κ3) is 6.03. The molecule has 0 saturated carbocycles. The number of likely N-dealkylation sites (tertiary alicyclic amines) is 1. The predicted molar refractivity (Wildman–Crippen MR) is 136 cm³/mol.